The van der Waals surface area contributed by atoms with Gasteiger partial charge in [-0.2, -0.15) is 5.10 Å². The molecule has 1 N–H and O–H groups in total. The first kappa shape index (κ1) is 13.0. The molecule has 0 bridgehead atoms. The molecule has 2 aromatic heterocycles. The second kappa shape index (κ2) is 5.92. The van der Waals surface area contributed by atoms with E-state index in [9.17, 15) is 0 Å². The highest BCUT2D eigenvalue weighted by atomic mass is 32.1. The highest BCUT2D eigenvalue weighted by Crippen LogP contribution is 2.24. The predicted octanol–water partition coefficient (Wildman–Crippen LogP) is 1.81. The molecule has 0 unspecified atom stereocenters. The van der Waals surface area contributed by atoms with Crippen LogP contribution in [0.25, 0.3) is 0 Å². The van der Waals surface area contributed by atoms with Crippen molar-refractivity contribution >= 4 is 11.3 Å². The summed E-state index contributed by atoms with van der Waals surface area (Å²) in [7, 11) is 1.84. The first-order chi connectivity index (χ1) is 8.63. The van der Waals surface area contributed by atoms with Crippen molar-refractivity contribution in [2.24, 2.45) is 13.0 Å². The van der Waals surface area contributed by atoms with Crippen LogP contribution in [0.4, 0.5) is 0 Å². The number of nitrogens with one attached hydrogen (secondary N) is 1. The first-order valence-electron chi connectivity index (χ1n) is 5.83. The molecule has 6 nitrogen and oxygen atoms in total. The quantitative estimate of drug-likeness (QED) is 0.864. The zero-order valence-corrected chi connectivity index (χ0v) is 11.6. The third-order valence-electron chi connectivity index (χ3n) is 2.16. The van der Waals surface area contributed by atoms with Crippen LogP contribution in [-0.4, -0.2) is 26.5 Å². The van der Waals surface area contributed by atoms with Crippen LogP contribution in [0.5, 0.6) is 10.9 Å². The monoisotopic (exact) mass is 267 g/mol. The van der Waals surface area contributed by atoms with Crippen molar-refractivity contribution in [2.45, 2.75) is 20.4 Å². The molecule has 2 heterocycles. The molecule has 0 saturated carbocycles. The molecule has 0 saturated heterocycles. The van der Waals surface area contributed by atoms with E-state index < -0.39 is 0 Å². The Balaban J connectivity index is 1.86. The van der Waals surface area contributed by atoms with Crippen molar-refractivity contribution < 1.29 is 4.74 Å². The van der Waals surface area contributed by atoms with Crippen molar-refractivity contribution in [3.05, 3.63) is 17.4 Å². The summed E-state index contributed by atoms with van der Waals surface area (Å²) in [5.41, 5.74) is 0. The van der Waals surface area contributed by atoms with E-state index >= 15 is 0 Å². The second-order valence-electron chi connectivity index (χ2n) is 4.44. The summed E-state index contributed by atoms with van der Waals surface area (Å²) in [6.07, 6.45) is 3.44. The van der Waals surface area contributed by atoms with E-state index in [1.807, 2.05) is 7.05 Å². The molecular formula is C11H17N5OS. The van der Waals surface area contributed by atoms with Crippen LogP contribution >= 0.6 is 11.3 Å². The SMILES string of the molecule is CC(C)CNCc1nnc(Oc2cnn(C)c2)s1. The molecule has 2 aromatic rings. The third kappa shape index (κ3) is 3.78. The van der Waals surface area contributed by atoms with Crippen LogP contribution in [0.1, 0.15) is 18.9 Å². The maximum Gasteiger partial charge on any atom is 0.299 e. The van der Waals surface area contributed by atoms with Gasteiger partial charge >= 0.3 is 0 Å². The van der Waals surface area contributed by atoms with E-state index in [1.165, 1.54) is 11.3 Å². The molecule has 18 heavy (non-hydrogen) atoms. The van der Waals surface area contributed by atoms with Gasteiger partial charge in [0.15, 0.2) is 5.75 Å². The Kier molecular flexibility index (Phi) is 4.27. The Morgan fingerprint density at radius 3 is 2.94 bits per heavy atom. The van der Waals surface area contributed by atoms with Gasteiger partial charge in [0.05, 0.1) is 12.4 Å². The number of aromatic nitrogens is 4. The number of aryl methyl sites for hydroxylation is 1. The van der Waals surface area contributed by atoms with E-state index in [-0.39, 0.29) is 0 Å². The average molecular weight is 267 g/mol. The molecule has 0 aliphatic heterocycles. The maximum absolute atomic E-state index is 5.54. The van der Waals surface area contributed by atoms with Gasteiger partial charge in [-0.15, -0.1) is 5.10 Å². The summed E-state index contributed by atoms with van der Waals surface area (Å²) in [4.78, 5) is 0. The van der Waals surface area contributed by atoms with E-state index in [0.29, 0.717) is 16.9 Å². The Morgan fingerprint density at radius 1 is 1.44 bits per heavy atom. The van der Waals surface area contributed by atoms with Gasteiger partial charge in [-0.05, 0) is 12.5 Å². The largest absolute Gasteiger partial charge is 0.426 e. The molecule has 7 heteroatoms. The second-order valence-corrected chi connectivity index (χ2v) is 5.46. The minimum Gasteiger partial charge on any atom is -0.426 e. The lowest BCUT2D eigenvalue weighted by Gasteiger charge is -2.03. The molecule has 0 radical (unpaired) electrons. The van der Waals surface area contributed by atoms with Gasteiger partial charge in [0, 0.05) is 13.6 Å². The van der Waals surface area contributed by atoms with E-state index in [1.54, 1.807) is 17.1 Å². The predicted molar refractivity (Wildman–Crippen MR) is 69.7 cm³/mol. The molecular weight excluding hydrogens is 250 g/mol. The minimum absolute atomic E-state index is 0.546. The van der Waals surface area contributed by atoms with Crippen LogP contribution in [0.3, 0.4) is 0 Å². The molecule has 0 fully saturated rings. The molecule has 2 rings (SSSR count). The Hall–Kier alpha value is -1.47. The summed E-state index contributed by atoms with van der Waals surface area (Å²) in [6, 6.07) is 0. The van der Waals surface area contributed by atoms with Gasteiger partial charge in [0.2, 0.25) is 0 Å². The van der Waals surface area contributed by atoms with E-state index in [0.717, 1.165) is 18.1 Å². The highest BCUT2D eigenvalue weighted by Gasteiger charge is 2.07. The van der Waals surface area contributed by atoms with Crippen molar-refractivity contribution in [1.82, 2.24) is 25.3 Å². The van der Waals surface area contributed by atoms with Crippen LogP contribution in [0, 0.1) is 5.92 Å². The zero-order chi connectivity index (χ0) is 13.0. The Labute approximate surface area is 110 Å². The fourth-order valence-corrected chi connectivity index (χ4v) is 2.05. The molecule has 0 spiro atoms. The zero-order valence-electron chi connectivity index (χ0n) is 10.8. The van der Waals surface area contributed by atoms with E-state index in [2.05, 4.69) is 34.5 Å². The maximum atomic E-state index is 5.54. The van der Waals surface area contributed by atoms with Crippen molar-refractivity contribution in [1.29, 1.82) is 0 Å². The average Bonchev–Trinajstić information content (AvgIpc) is 2.89. The summed E-state index contributed by atoms with van der Waals surface area (Å²) < 4.78 is 7.22. The number of hydrogen-bond donors (Lipinski definition) is 1. The molecule has 0 aliphatic carbocycles. The molecule has 98 valence electrons. The molecule has 0 atom stereocenters. The normalized spacial score (nSPS) is 11.1. The number of ether oxygens (including phenoxy) is 1. The molecule has 0 aliphatic rings. The highest BCUT2D eigenvalue weighted by molar-refractivity contribution is 7.13. The van der Waals surface area contributed by atoms with E-state index in [4.69, 9.17) is 4.74 Å². The number of rotatable bonds is 6. The van der Waals surface area contributed by atoms with Crippen molar-refractivity contribution in [3.63, 3.8) is 0 Å². The summed E-state index contributed by atoms with van der Waals surface area (Å²) in [5, 5.41) is 16.9. The fourth-order valence-electron chi connectivity index (χ4n) is 1.37. The van der Waals surface area contributed by atoms with Crippen molar-refractivity contribution in [2.75, 3.05) is 6.54 Å². The smallest absolute Gasteiger partial charge is 0.299 e. The lowest BCUT2D eigenvalue weighted by molar-refractivity contribution is 0.472. The molecule has 0 amide bonds. The van der Waals surface area contributed by atoms with Gasteiger partial charge in [-0.25, -0.2) is 0 Å². The van der Waals surface area contributed by atoms with Gasteiger partial charge in [0.1, 0.15) is 5.01 Å². The standard InChI is InChI=1S/C11H17N5OS/c1-8(2)4-12-6-10-14-15-11(18-10)17-9-5-13-16(3)7-9/h5,7-8,12H,4,6H2,1-3H3. The van der Waals surface area contributed by atoms with Crippen LogP contribution < -0.4 is 10.1 Å². The molecule has 0 aromatic carbocycles. The Morgan fingerprint density at radius 2 is 2.28 bits per heavy atom. The lowest BCUT2D eigenvalue weighted by Crippen LogP contribution is -2.18. The topological polar surface area (TPSA) is 64.9 Å². The summed E-state index contributed by atoms with van der Waals surface area (Å²) in [6.45, 7) is 6.04. The summed E-state index contributed by atoms with van der Waals surface area (Å²) in [5.74, 6) is 1.30. The Bertz CT molecular complexity index is 493. The van der Waals surface area contributed by atoms with Crippen LogP contribution in [0.2, 0.25) is 0 Å². The lowest BCUT2D eigenvalue weighted by atomic mass is 10.2. The van der Waals surface area contributed by atoms with Gasteiger partial charge < -0.3 is 10.1 Å². The van der Waals surface area contributed by atoms with Gasteiger partial charge in [-0.3, -0.25) is 4.68 Å². The number of hydrogen-bond acceptors (Lipinski definition) is 6. The number of nitrogens with zero attached hydrogens (tertiary/aromatic N) is 4. The minimum atomic E-state index is 0.546. The first-order valence-corrected chi connectivity index (χ1v) is 6.64. The van der Waals surface area contributed by atoms with Gasteiger partial charge in [-0.1, -0.05) is 30.3 Å². The summed E-state index contributed by atoms with van der Waals surface area (Å²) >= 11 is 1.44. The van der Waals surface area contributed by atoms with Crippen LogP contribution in [-0.2, 0) is 13.6 Å². The fraction of sp³-hybridized carbons (Fsp3) is 0.545. The van der Waals surface area contributed by atoms with Crippen molar-refractivity contribution in [3.8, 4) is 10.9 Å². The van der Waals surface area contributed by atoms with Gasteiger partial charge in [0.25, 0.3) is 5.19 Å². The van der Waals surface area contributed by atoms with Crippen LogP contribution in [0.15, 0.2) is 12.4 Å². The third-order valence-corrected chi connectivity index (χ3v) is 2.96.